The summed E-state index contributed by atoms with van der Waals surface area (Å²) in [5.74, 6) is 0. The molecule has 3 heterocycles. The van der Waals surface area contributed by atoms with Gasteiger partial charge in [-0.2, -0.15) is 5.10 Å². The molecule has 0 saturated heterocycles. The third-order valence-electron chi connectivity index (χ3n) is 4.18. The van der Waals surface area contributed by atoms with Crippen LogP contribution in [0.15, 0.2) is 48.9 Å². The highest BCUT2D eigenvalue weighted by Crippen LogP contribution is 2.30. The van der Waals surface area contributed by atoms with Crippen LogP contribution in [-0.2, 0) is 7.05 Å². The first-order valence-corrected chi connectivity index (χ1v) is 7.53. The third-order valence-corrected chi connectivity index (χ3v) is 4.18. The summed E-state index contributed by atoms with van der Waals surface area (Å²) >= 11 is 0. The van der Waals surface area contributed by atoms with Crippen molar-refractivity contribution < 1.29 is 0 Å². The molecule has 0 bridgehead atoms. The number of pyridine rings is 1. The molecule has 4 aromatic rings. The summed E-state index contributed by atoms with van der Waals surface area (Å²) in [5, 5.41) is 6.85. The molecular formula is C18H18N4. The lowest BCUT2D eigenvalue weighted by atomic mass is 10.0. The maximum Gasteiger partial charge on any atom is 0.158 e. The quantitative estimate of drug-likeness (QED) is 0.555. The Balaban J connectivity index is 1.95. The van der Waals surface area contributed by atoms with E-state index >= 15 is 0 Å². The van der Waals surface area contributed by atoms with Gasteiger partial charge in [0.05, 0.1) is 6.20 Å². The van der Waals surface area contributed by atoms with Gasteiger partial charge in [-0.05, 0) is 49.2 Å². The Bertz CT molecular complexity index is 975. The van der Waals surface area contributed by atoms with E-state index in [0.29, 0.717) is 6.04 Å². The van der Waals surface area contributed by atoms with Gasteiger partial charge in [-0.25, -0.2) is 9.67 Å². The number of fused-ring (bicyclic) bond motifs is 2. The summed E-state index contributed by atoms with van der Waals surface area (Å²) in [6.45, 7) is 4.24. The average Bonchev–Trinajstić information content (AvgIpc) is 3.11. The second kappa shape index (κ2) is 4.70. The highest BCUT2D eigenvalue weighted by atomic mass is 15.3. The van der Waals surface area contributed by atoms with Gasteiger partial charge in [-0.3, -0.25) is 0 Å². The summed E-state index contributed by atoms with van der Waals surface area (Å²) in [6, 6.07) is 11.1. The highest BCUT2D eigenvalue weighted by molar-refractivity contribution is 5.95. The van der Waals surface area contributed by atoms with Crippen molar-refractivity contribution in [2.75, 3.05) is 0 Å². The molecule has 0 amide bonds. The molecule has 0 atom stereocenters. The van der Waals surface area contributed by atoms with Crippen LogP contribution in [0.5, 0.6) is 0 Å². The van der Waals surface area contributed by atoms with Gasteiger partial charge in [0.2, 0.25) is 0 Å². The van der Waals surface area contributed by atoms with E-state index in [0.717, 1.165) is 11.0 Å². The van der Waals surface area contributed by atoms with E-state index < -0.39 is 0 Å². The summed E-state index contributed by atoms with van der Waals surface area (Å²) in [4.78, 5) is 4.51. The Morgan fingerprint density at radius 1 is 1.09 bits per heavy atom. The Labute approximate surface area is 129 Å². The van der Waals surface area contributed by atoms with E-state index in [9.17, 15) is 0 Å². The van der Waals surface area contributed by atoms with Crippen LogP contribution in [0.2, 0.25) is 0 Å². The number of aromatic nitrogens is 4. The van der Waals surface area contributed by atoms with Crippen LogP contribution in [0.25, 0.3) is 33.1 Å². The maximum atomic E-state index is 4.51. The molecule has 0 aliphatic carbocycles. The molecule has 22 heavy (non-hydrogen) atoms. The molecule has 110 valence electrons. The maximum absolute atomic E-state index is 4.51. The van der Waals surface area contributed by atoms with E-state index in [1.807, 2.05) is 17.1 Å². The number of hydrogen-bond acceptors (Lipinski definition) is 2. The van der Waals surface area contributed by atoms with Gasteiger partial charge < -0.3 is 4.57 Å². The van der Waals surface area contributed by atoms with Gasteiger partial charge in [0.1, 0.15) is 0 Å². The first-order chi connectivity index (χ1) is 10.6. The van der Waals surface area contributed by atoms with Crippen LogP contribution in [0, 0.1) is 0 Å². The van der Waals surface area contributed by atoms with Gasteiger partial charge >= 0.3 is 0 Å². The van der Waals surface area contributed by atoms with Crippen molar-refractivity contribution in [3.05, 3.63) is 48.9 Å². The van der Waals surface area contributed by atoms with Crippen molar-refractivity contribution >= 4 is 21.9 Å². The SMILES string of the molecule is CC(C)n1ncc2c(-c3ccc4c(ccn4C)c3)ccnc21. The summed E-state index contributed by atoms with van der Waals surface area (Å²) in [6.07, 6.45) is 5.88. The fourth-order valence-electron chi connectivity index (χ4n) is 3.03. The zero-order chi connectivity index (χ0) is 15.3. The molecule has 0 aliphatic heterocycles. The number of aryl methyl sites for hydroxylation is 1. The van der Waals surface area contributed by atoms with Crippen LogP contribution < -0.4 is 0 Å². The first-order valence-electron chi connectivity index (χ1n) is 7.53. The molecule has 0 N–H and O–H groups in total. The van der Waals surface area contributed by atoms with Gasteiger partial charge in [0, 0.05) is 41.8 Å². The largest absolute Gasteiger partial charge is 0.351 e. The van der Waals surface area contributed by atoms with E-state index in [2.05, 4.69) is 72.1 Å². The molecule has 0 aliphatic rings. The van der Waals surface area contributed by atoms with Gasteiger partial charge in [-0.1, -0.05) is 6.07 Å². The minimum Gasteiger partial charge on any atom is -0.351 e. The third kappa shape index (κ3) is 1.84. The highest BCUT2D eigenvalue weighted by Gasteiger charge is 2.12. The molecule has 0 spiro atoms. The van der Waals surface area contributed by atoms with Crippen molar-refractivity contribution in [1.82, 2.24) is 19.3 Å². The molecule has 1 aromatic carbocycles. The molecule has 0 unspecified atom stereocenters. The van der Waals surface area contributed by atoms with Gasteiger partial charge in [-0.15, -0.1) is 0 Å². The fraction of sp³-hybridized carbons (Fsp3) is 0.222. The van der Waals surface area contributed by atoms with Crippen LogP contribution in [0.3, 0.4) is 0 Å². The lowest BCUT2D eigenvalue weighted by Crippen LogP contribution is -2.03. The fourth-order valence-corrected chi connectivity index (χ4v) is 3.03. The van der Waals surface area contributed by atoms with Gasteiger partial charge in [0.25, 0.3) is 0 Å². The molecule has 4 nitrogen and oxygen atoms in total. The molecule has 0 fully saturated rings. The minimum absolute atomic E-state index is 0.303. The Kier molecular flexibility index (Phi) is 2.79. The van der Waals surface area contributed by atoms with E-state index in [1.165, 1.54) is 22.0 Å². The van der Waals surface area contributed by atoms with Crippen LogP contribution in [0.1, 0.15) is 19.9 Å². The molecule has 0 radical (unpaired) electrons. The van der Waals surface area contributed by atoms with Crippen LogP contribution in [-0.4, -0.2) is 19.3 Å². The predicted molar refractivity (Wildman–Crippen MR) is 89.8 cm³/mol. The van der Waals surface area contributed by atoms with Crippen molar-refractivity contribution in [2.24, 2.45) is 7.05 Å². The van der Waals surface area contributed by atoms with E-state index in [1.54, 1.807) is 0 Å². The smallest absolute Gasteiger partial charge is 0.158 e. The molecule has 0 saturated carbocycles. The predicted octanol–water partition coefficient (Wildman–Crippen LogP) is 4.17. The van der Waals surface area contributed by atoms with E-state index in [4.69, 9.17) is 0 Å². The van der Waals surface area contributed by atoms with Crippen LogP contribution in [0.4, 0.5) is 0 Å². The van der Waals surface area contributed by atoms with Crippen molar-refractivity contribution in [3.8, 4) is 11.1 Å². The molecule has 4 rings (SSSR count). The number of hydrogen-bond donors (Lipinski definition) is 0. The number of rotatable bonds is 2. The topological polar surface area (TPSA) is 35.6 Å². The zero-order valence-electron chi connectivity index (χ0n) is 13.0. The monoisotopic (exact) mass is 290 g/mol. The standard InChI is InChI=1S/C18H18N4/c1-12(2)22-18-16(11-20-22)15(6-8-19-18)13-4-5-17-14(10-13)7-9-21(17)3/h4-12H,1-3H3. The van der Waals surface area contributed by atoms with Crippen molar-refractivity contribution in [2.45, 2.75) is 19.9 Å². The normalized spacial score (nSPS) is 11.8. The number of benzene rings is 1. The lowest BCUT2D eigenvalue weighted by molar-refractivity contribution is 0.546. The van der Waals surface area contributed by atoms with E-state index in [-0.39, 0.29) is 0 Å². The Morgan fingerprint density at radius 2 is 1.95 bits per heavy atom. The van der Waals surface area contributed by atoms with Crippen LogP contribution >= 0.6 is 0 Å². The van der Waals surface area contributed by atoms with Crippen molar-refractivity contribution in [3.63, 3.8) is 0 Å². The molecule has 3 aromatic heterocycles. The molecular weight excluding hydrogens is 272 g/mol. The second-order valence-electron chi connectivity index (χ2n) is 5.98. The summed E-state index contributed by atoms with van der Waals surface area (Å²) in [7, 11) is 2.07. The lowest BCUT2D eigenvalue weighted by Gasteiger charge is -2.08. The van der Waals surface area contributed by atoms with Crippen molar-refractivity contribution in [1.29, 1.82) is 0 Å². The second-order valence-corrected chi connectivity index (χ2v) is 5.98. The molecule has 4 heteroatoms. The van der Waals surface area contributed by atoms with Gasteiger partial charge in [0.15, 0.2) is 5.65 Å². The first kappa shape index (κ1) is 13.1. The summed E-state index contributed by atoms with van der Waals surface area (Å²) in [5.41, 5.74) is 4.57. The summed E-state index contributed by atoms with van der Waals surface area (Å²) < 4.78 is 4.11. The Hall–Kier alpha value is -2.62. The minimum atomic E-state index is 0.303. The Morgan fingerprint density at radius 3 is 2.77 bits per heavy atom. The zero-order valence-corrected chi connectivity index (χ0v) is 13.0. The number of nitrogens with zero attached hydrogens (tertiary/aromatic N) is 4. The average molecular weight is 290 g/mol.